The number of pyridine rings is 1. The van der Waals surface area contributed by atoms with E-state index in [9.17, 15) is 23.1 Å². The molecule has 2 atom stereocenters. The lowest BCUT2D eigenvalue weighted by Crippen LogP contribution is -2.45. The summed E-state index contributed by atoms with van der Waals surface area (Å²) in [6, 6.07) is 5.47. The Bertz CT molecular complexity index is 925. The van der Waals surface area contributed by atoms with Gasteiger partial charge in [-0.15, -0.1) is 0 Å². The minimum Gasteiger partial charge on any atom is -0.468 e. The van der Waals surface area contributed by atoms with Crippen molar-refractivity contribution in [3.05, 3.63) is 46.1 Å². The zero-order chi connectivity index (χ0) is 21.9. The van der Waals surface area contributed by atoms with Gasteiger partial charge in [0.15, 0.2) is 6.61 Å². The third-order valence-electron chi connectivity index (χ3n) is 4.76. The number of benzene rings is 1. The van der Waals surface area contributed by atoms with Gasteiger partial charge >= 0.3 is 6.18 Å². The molecular formula is C20H19Cl2F3N2O3. The molecule has 5 nitrogen and oxygen atoms in total. The van der Waals surface area contributed by atoms with Gasteiger partial charge in [0.05, 0.1) is 27.8 Å². The lowest BCUT2D eigenvalue weighted by molar-refractivity contribution is -0.154. The lowest BCUT2D eigenvalue weighted by atomic mass is 9.92. The van der Waals surface area contributed by atoms with Crippen LogP contribution in [0.1, 0.15) is 36.0 Å². The maximum absolute atomic E-state index is 12.7. The van der Waals surface area contributed by atoms with E-state index in [4.69, 9.17) is 27.9 Å². The van der Waals surface area contributed by atoms with E-state index in [2.05, 4.69) is 10.3 Å². The zero-order valence-electron chi connectivity index (χ0n) is 15.7. The van der Waals surface area contributed by atoms with Gasteiger partial charge < -0.3 is 15.2 Å². The van der Waals surface area contributed by atoms with Crippen LogP contribution in [0.5, 0.6) is 5.88 Å². The summed E-state index contributed by atoms with van der Waals surface area (Å²) < 4.78 is 42.7. The van der Waals surface area contributed by atoms with Crippen LogP contribution in [0.25, 0.3) is 11.1 Å². The van der Waals surface area contributed by atoms with Gasteiger partial charge in [0, 0.05) is 11.8 Å². The molecule has 1 saturated carbocycles. The summed E-state index contributed by atoms with van der Waals surface area (Å²) in [6.07, 6.45) is -1.03. The van der Waals surface area contributed by atoms with E-state index < -0.39 is 24.8 Å². The second-order valence-corrected chi connectivity index (χ2v) is 7.86. The number of ether oxygens (including phenoxy) is 1. The van der Waals surface area contributed by atoms with Crippen molar-refractivity contribution < 1.29 is 27.8 Å². The van der Waals surface area contributed by atoms with Crippen LogP contribution in [-0.2, 0) is 0 Å². The molecule has 1 aromatic carbocycles. The number of aliphatic hydroxyl groups is 1. The highest BCUT2D eigenvalue weighted by atomic mass is 35.5. The standard InChI is InChI=1S/C20H19Cl2F3N2O3/c21-14-6-5-11(8-15(14)22)13-7-12(9-26-19(13)30-10-20(23,24)25)18(29)27-16-3-1-2-4-17(16)28/h5-9,16-17,28H,1-4,10H2,(H,27,29)/t16?,17-/m1/s1. The van der Waals surface area contributed by atoms with Gasteiger partial charge in [-0.05, 0) is 36.6 Å². The minimum atomic E-state index is -4.55. The summed E-state index contributed by atoms with van der Waals surface area (Å²) in [5, 5.41) is 13.3. The van der Waals surface area contributed by atoms with Gasteiger partial charge in [0.25, 0.3) is 5.91 Å². The Morgan fingerprint density at radius 3 is 2.60 bits per heavy atom. The first-order valence-corrected chi connectivity index (χ1v) is 10.0. The van der Waals surface area contributed by atoms with Gasteiger partial charge in [-0.1, -0.05) is 42.1 Å². The summed E-state index contributed by atoms with van der Waals surface area (Å²) in [6.45, 7) is -1.53. The van der Waals surface area contributed by atoms with Crippen molar-refractivity contribution >= 4 is 29.1 Å². The van der Waals surface area contributed by atoms with E-state index in [-0.39, 0.29) is 33.1 Å². The molecule has 10 heteroatoms. The SMILES string of the molecule is O=C(NC1CCCC[C@H]1O)c1cnc(OCC(F)(F)F)c(-c2ccc(Cl)c(Cl)c2)c1. The van der Waals surface area contributed by atoms with Gasteiger partial charge in [0.2, 0.25) is 5.88 Å². The predicted molar refractivity (Wildman–Crippen MR) is 107 cm³/mol. The minimum absolute atomic E-state index is 0.119. The molecule has 0 spiro atoms. The summed E-state index contributed by atoms with van der Waals surface area (Å²) in [4.78, 5) is 16.6. The Morgan fingerprint density at radius 1 is 1.20 bits per heavy atom. The molecule has 1 aliphatic carbocycles. The number of aliphatic hydroxyl groups excluding tert-OH is 1. The first-order valence-electron chi connectivity index (χ1n) is 9.28. The summed E-state index contributed by atoms with van der Waals surface area (Å²) in [7, 11) is 0. The number of rotatable bonds is 5. The average Bonchev–Trinajstić information content (AvgIpc) is 2.69. The molecule has 1 aliphatic rings. The molecule has 1 amide bonds. The molecule has 1 fully saturated rings. The lowest BCUT2D eigenvalue weighted by Gasteiger charge is -2.28. The summed E-state index contributed by atoms with van der Waals surface area (Å²) in [5.74, 6) is -0.780. The van der Waals surface area contributed by atoms with Crippen molar-refractivity contribution in [1.29, 1.82) is 0 Å². The van der Waals surface area contributed by atoms with Crippen molar-refractivity contribution in [2.75, 3.05) is 6.61 Å². The fraction of sp³-hybridized carbons (Fsp3) is 0.400. The molecule has 0 bridgehead atoms. The number of alkyl halides is 3. The molecule has 1 heterocycles. The molecule has 162 valence electrons. The zero-order valence-corrected chi connectivity index (χ0v) is 17.2. The van der Waals surface area contributed by atoms with Crippen molar-refractivity contribution in [1.82, 2.24) is 10.3 Å². The first-order chi connectivity index (χ1) is 14.1. The predicted octanol–water partition coefficient (Wildman–Crippen LogP) is 5.03. The molecular weight excluding hydrogens is 444 g/mol. The molecule has 2 aromatic rings. The van der Waals surface area contributed by atoms with Crippen LogP contribution in [0.2, 0.25) is 10.0 Å². The van der Waals surface area contributed by atoms with E-state index in [1.807, 2.05) is 0 Å². The number of hydrogen-bond acceptors (Lipinski definition) is 4. The van der Waals surface area contributed by atoms with Gasteiger partial charge in [-0.3, -0.25) is 4.79 Å². The Labute approximate surface area is 181 Å². The number of halogens is 5. The third-order valence-corrected chi connectivity index (χ3v) is 5.50. The van der Waals surface area contributed by atoms with Crippen LogP contribution in [0.15, 0.2) is 30.5 Å². The highest BCUT2D eigenvalue weighted by Crippen LogP contribution is 2.34. The van der Waals surface area contributed by atoms with Crippen molar-refractivity contribution in [2.45, 2.75) is 44.0 Å². The molecule has 0 saturated heterocycles. The number of nitrogens with one attached hydrogen (secondary N) is 1. The van der Waals surface area contributed by atoms with Crippen molar-refractivity contribution in [3.63, 3.8) is 0 Å². The van der Waals surface area contributed by atoms with E-state index in [0.29, 0.717) is 18.4 Å². The van der Waals surface area contributed by atoms with Crippen LogP contribution in [0.3, 0.4) is 0 Å². The Morgan fingerprint density at radius 2 is 1.93 bits per heavy atom. The van der Waals surface area contributed by atoms with Gasteiger partial charge in [-0.2, -0.15) is 13.2 Å². The number of amides is 1. The molecule has 1 unspecified atom stereocenters. The second kappa shape index (κ2) is 9.41. The van der Waals surface area contributed by atoms with E-state index >= 15 is 0 Å². The summed E-state index contributed by atoms with van der Waals surface area (Å²) in [5.41, 5.74) is 0.671. The molecule has 30 heavy (non-hydrogen) atoms. The van der Waals surface area contributed by atoms with Crippen LogP contribution < -0.4 is 10.1 Å². The smallest absolute Gasteiger partial charge is 0.422 e. The maximum Gasteiger partial charge on any atom is 0.422 e. The number of nitrogens with zero attached hydrogens (tertiary/aromatic N) is 1. The normalized spacial score (nSPS) is 19.4. The highest BCUT2D eigenvalue weighted by molar-refractivity contribution is 6.42. The molecule has 0 aliphatic heterocycles. The number of carbonyl (C=O) groups is 1. The Hall–Kier alpha value is -2.03. The van der Waals surface area contributed by atoms with Crippen molar-refractivity contribution in [2.24, 2.45) is 0 Å². The fourth-order valence-corrected chi connectivity index (χ4v) is 3.54. The Balaban J connectivity index is 1.91. The summed E-state index contributed by atoms with van der Waals surface area (Å²) >= 11 is 12.0. The second-order valence-electron chi connectivity index (χ2n) is 7.04. The quantitative estimate of drug-likeness (QED) is 0.653. The average molecular weight is 463 g/mol. The van der Waals surface area contributed by atoms with Crippen LogP contribution in [-0.4, -0.2) is 40.9 Å². The highest BCUT2D eigenvalue weighted by Gasteiger charge is 2.30. The largest absolute Gasteiger partial charge is 0.468 e. The van der Waals surface area contributed by atoms with Crippen LogP contribution in [0, 0.1) is 0 Å². The maximum atomic E-state index is 12.7. The van der Waals surface area contributed by atoms with E-state index in [1.54, 1.807) is 0 Å². The van der Waals surface area contributed by atoms with Crippen LogP contribution >= 0.6 is 23.2 Å². The topological polar surface area (TPSA) is 71.5 Å². The molecule has 1 aromatic heterocycles. The molecule has 0 radical (unpaired) electrons. The van der Waals surface area contributed by atoms with E-state index in [0.717, 1.165) is 19.0 Å². The number of carbonyl (C=O) groups excluding carboxylic acids is 1. The monoisotopic (exact) mass is 462 g/mol. The molecule has 2 N–H and O–H groups in total. The van der Waals surface area contributed by atoms with Gasteiger partial charge in [-0.25, -0.2) is 4.98 Å². The van der Waals surface area contributed by atoms with E-state index in [1.165, 1.54) is 24.3 Å². The molecule has 3 rings (SSSR count). The van der Waals surface area contributed by atoms with Crippen molar-refractivity contribution in [3.8, 4) is 17.0 Å². The number of hydrogen-bond donors (Lipinski definition) is 2. The fourth-order valence-electron chi connectivity index (χ4n) is 3.24. The van der Waals surface area contributed by atoms with Gasteiger partial charge in [0.1, 0.15) is 0 Å². The third kappa shape index (κ3) is 5.77. The van der Waals surface area contributed by atoms with Crippen LogP contribution in [0.4, 0.5) is 13.2 Å². The number of aromatic nitrogens is 1. The first kappa shape index (κ1) is 22.7. The Kier molecular flexibility index (Phi) is 7.10.